The van der Waals surface area contributed by atoms with Crippen molar-refractivity contribution in [3.05, 3.63) is 0 Å². The molecule has 0 aromatic heterocycles. The van der Waals surface area contributed by atoms with Gasteiger partial charge in [0.2, 0.25) is 5.91 Å². The van der Waals surface area contributed by atoms with E-state index in [0.29, 0.717) is 6.42 Å². The maximum Gasteiger partial charge on any atom is 0.231 e. The van der Waals surface area contributed by atoms with Gasteiger partial charge in [0.25, 0.3) is 0 Å². The summed E-state index contributed by atoms with van der Waals surface area (Å²) in [6.45, 7) is 2.77. The third kappa shape index (κ3) is 3.46. The lowest BCUT2D eigenvalue weighted by Crippen LogP contribution is -2.45. The van der Waals surface area contributed by atoms with Gasteiger partial charge in [-0.1, -0.05) is 6.42 Å². The van der Waals surface area contributed by atoms with Crippen molar-refractivity contribution in [2.45, 2.75) is 38.6 Å². The lowest BCUT2D eigenvalue weighted by atomic mass is 9.98. The molecule has 1 amide bonds. The Labute approximate surface area is 84.4 Å². The number of Topliss-reactive ketones (excluding diaryl/α,β-unsaturated/α-hetero) is 1. The van der Waals surface area contributed by atoms with Gasteiger partial charge in [0.15, 0.2) is 0 Å². The first kappa shape index (κ1) is 11.2. The Bertz CT molecular complexity index is 204. The van der Waals surface area contributed by atoms with Crippen LogP contribution in [0.15, 0.2) is 0 Å². The van der Waals surface area contributed by atoms with Gasteiger partial charge in [0.05, 0.1) is 6.54 Å². The van der Waals surface area contributed by atoms with Crippen molar-refractivity contribution in [2.75, 3.05) is 13.1 Å². The van der Waals surface area contributed by atoms with Crippen LogP contribution < -0.4 is 5.73 Å². The number of carbonyl (C=O) groups excluding carboxylic acids is 2. The Balaban J connectivity index is 2.49. The molecular weight excluding hydrogens is 180 g/mol. The molecule has 0 bridgehead atoms. The Morgan fingerprint density at radius 2 is 2.14 bits per heavy atom. The van der Waals surface area contributed by atoms with Crippen LogP contribution in [0.5, 0.6) is 0 Å². The zero-order valence-electron chi connectivity index (χ0n) is 8.66. The SMILES string of the molecule is CC(=O)CC1CCCCN1CC(N)=O. The lowest BCUT2D eigenvalue weighted by Gasteiger charge is -2.34. The van der Waals surface area contributed by atoms with Crippen LogP contribution in [0.1, 0.15) is 32.6 Å². The van der Waals surface area contributed by atoms with Gasteiger partial charge in [-0.25, -0.2) is 0 Å². The van der Waals surface area contributed by atoms with Gasteiger partial charge in [0.1, 0.15) is 5.78 Å². The second-order valence-electron chi connectivity index (χ2n) is 3.99. The third-order valence-electron chi connectivity index (χ3n) is 2.63. The number of hydrogen-bond acceptors (Lipinski definition) is 3. The maximum absolute atomic E-state index is 11.0. The fourth-order valence-electron chi connectivity index (χ4n) is 2.03. The Kier molecular flexibility index (Phi) is 4.07. The van der Waals surface area contributed by atoms with Gasteiger partial charge in [-0.05, 0) is 26.3 Å². The monoisotopic (exact) mass is 198 g/mol. The summed E-state index contributed by atoms with van der Waals surface area (Å²) < 4.78 is 0. The van der Waals surface area contributed by atoms with E-state index in [1.54, 1.807) is 6.92 Å². The standard InChI is InChI=1S/C10H18N2O2/c1-8(13)6-9-4-2-3-5-12(9)7-10(11)14/h9H,2-7H2,1H3,(H2,11,14). The summed E-state index contributed by atoms with van der Waals surface area (Å²) in [5, 5.41) is 0. The van der Waals surface area contributed by atoms with Crippen LogP contribution in [0.25, 0.3) is 0 Å². The first-order valence-electron chi connectivity index (χ1n) is 5.11. The first-order chi connectivity index (χ1) is 6.59. The molecule has 1 saturated heterocycles. The molecule has 1 aliphatic heterocycles. The van der Waals surface area contributed by atoms with E-state index in [1.807, 2.05) is 4.90 Å². The average molecular weight is 198 g/mol. The minimum absolute atomic E-state index is 0.186. The molecule has 0 radical (unpaired) electrons. The molecule has 1 atom stereocenters. The molecule has 4 heteroatoms. The van der Waals surface area contributed by atoms with Crippen molar-refractivity contribution in [2.24, 2.45) is 5.73 Å². The van der Waals surface area contributed by atoms with Crippen molar-refractivity contribution in [1.29, 1.82) is 0 Å². The zero-order valence-corrected chi connectivity index (χ0v) is 8.66. The van der Waals surface area contributed by atoms with E-state index in [1.165, 1.54) is 0 Å². The fraction of sp³-hybridized carbons (Fsp3) is 0.800. The van der Waals surface area contributed by atoms with Crippen molar-refractivity contribution in [1.82, 2.24) is 4.90 Å². The summed E-state index contributed by atoms with van der Waals surface area (Å²) in [6.07, 6.45) is 3.80. The van der Waals surface area contributed by atoms with Crippen LogP contribution in [0.2, 0.25) is 0 Å². The Morgan fingerprint density at radius 3 is 2.71 bits per heavy atom. The predicted octanol–water partition coefficient (Wildman–Crippen LogP) is 0.305. The van der Waals surface area contributed by atoms with Crippen LogP contribution in [0, 0.1) is 0 Å². The second-order valence-corrected chi connectivity index (χ2v) is 3.99. The van der Waals surface area contributed by atoms with Gasteiger partial charge < -0.3 is 5.73 Å². The summed E-state index contributed by atoms with van der Waals surface area (Å²) in [4.78, 5) is 23.8. The molecule has 1 unspecified atom stereocenters. The van der Waals surface area contributed by atoms with E-state index in [4.69, 9.17) is 5.73 Å². The summed E-state index contributed by atoms with van der Waals surface area (Å²) in [5.41, 5.74) is 5.15. The molecule has 1 heterocycles. The van der Waals surface area contributed by atoms with Gasteiger partial charge >= 0.3 is 0 Å². The topological polar surface area (TPSA) is 63.4 Å². The molecule has 0 aliphatic carbocycles. The lowest BCUT2D eigenvalue weighted by molar-refractivity contribution is -0.122. The second kappa shape index (κ2) is 5.10. The summed E-state index contributed by atoms with van der Waals surface area (Å²) in [7, 11) is 0. The summed E-state index contributed by atoms with van der Waals surface area (Å²) in [5.74, 6) is -0.119. The van der Waals surface area contributed by atoms with Crippen molar-refractivity contribution >= 4 is 11.7 Å². The van der Waals surface area contributed by atoms with Crippen LogP contribution >= 0.6 is 0 Å². The van der Waals surface area contributed by atoms with Crippen LogP contribution in [-0.2, 0) is 9.59 Å². The zero-order chi connectivity index (χ0) is 10.6. The number of rotatable bonds is 4. The first-order valence-corrected chi connectivity index (χ1v) is 5.11. The molecule has 0 saturated carbocycles. The smallest absolute Gasteiger partial charge is 0.231 e. The number of amides is 1. The number of nitrogens with zero attached hydrogens (tertiary/aromatic N) is 1. The van der Waals surface area contributed by atoms with Gasteiger partial charge in [-0.3, -0.25) is 14.5 Å². The number of ketones is 1. The molecule has 14 heavy (non-hydrogen) atoms. The number of primary amides is 1. The Hall–Kier alpha value is -0.900. The maximum atomic E-state index is 11.0. The number of carbonyl (C=O) groups is 2. The fourth-order valence-corrected chi connectivity index (χ4v) is 2.03. The molecule has 1 aliphatic rings. The van der Waals surface area contributed by atoms with E-state index in [2.05, 4.69) is 0 Å². The quantitative estimate of drug-likeness (QED) is 0.707. The minimum Gasteiger partial charge on any atom is -0.369 e. The minimum atomic E-state index is -0.305. The van der Waals surface area contributed by atoms with Crippen LogP contribution in [-0.4, -0.2) is 35.7 Å². The highest BCUT2D eigenvalue weighted by Crippen LogP contribution is 2.19. The number of piperidine rings is 1. The van der Waals surface area contributed by atoms with Gasteiger partial charge in [-0.15, -0.1) is 0 Å². The van der Waals surface area contributed by atoms with Crippen molar-refractivity contribution in [3.63, 3.8) is 0 Å². The molecule has 0 aromatic carbocycles. The molecule has 4 nitrogen and oxygen atoms in total. The van der Waals surface area contributed by atoms with E-state index in [-0.39, 0.29) is 24.3 Å². The van der Waals surface area contributed by atoms with E-state index >= 15 is 0 Å². The summed E-state index contributed by atoms with van der Waals surface area (Å²) >= 11 is 0. The molecule has 1 fully saturated rings. The van der Waals surface area contributed by atoms with E-state index in [9.17, 15) is 9.59 Å². The summed E-state index contributed by atoms with van der Waals surface area (Å²) in [6, 6.07) is 0.230. The highest BCUT2D eigenvalue weighted by molar-refractivity contribution is 5.77. The molecule has 80 valence electrons. The number of hydrogen-bond donors (Lipinski definition) is 1. The van der Waals surface area contributed by atoms with Crippen molar-refractivity contribution in [3.8, 4) is 0 Å². The highest BCUT2D eigenvalue weighted by Gasteiger charge is 2.24. The molecule has 1 rings (SSSR count). The molecule has 0 spiro atoms. The Morgan fingerprint density at radius 1 is 1.43 bits per heavy atom. The molecular formula is C10H18N2O2. The highest BCUT2D eigenvalue weighted by atomic mass is 16.1. The average Bonchev–Trinajstić information content (AvgIpc) is 2.06. The largest absolute Gasteiger partial charge is 0.369 e. The third-order valence-corrected chi connectivity index (χ3v) is 2.63. The van der Waals surface area contributed by atoms with Crippen molar-refractivity contribution < 1.29 is 9.59 Å². The van der Waals surface area contributed by atoms with Gasteiger partial charge in [-0.2, -0.15) is 0 Å². The molecule has 0 aromatic rings. The van der Waals surface area contributed by atoms with E-state index in [0.717, 1.165) is 25.8 Å². The normalized spacial score (nSPS) is 23.4. The van der Waals surface area contributed by atoms with Crippen LogP contribution in [0.3, 0.4) is 0 Å². The van der Waals surface area contributed by atoms with E-state index < -0.39 is 0 Å². The van der Waals surface area contributed by atoms with Gasteiger partial charge in [0, 0.05) is 12.5 Å². The number of nitrogens with two attached hydrogens (primary N) is 1. The molecule has 2 N–H and O–H groups in total. The predicted molar refractivity (Wildman–Crippen MR) is 53.7 cm³/mol. The number of likely N-dealkylation sites (tertiary alicyclic amines) is 1. The van der Waals surface area contributed by atoms with Crippen LogP contribution in [0.4, 0.5) is 0 Å².